The molecule has 0 N–H and O–H groups in total. The van der Waals surface area contributed by atoms with Crippen molar-refractivity contribution in [2.24, 2.45) is 0 Å². The van der Waals surface area contributed by atoms with E-state index in [4.69, 9.17) is 13.8 Å². The molecule has 1 aliphatic heterocycles. The average molecular weight is 240 g/mol. The summed E-state index contributed by atoms with van der Waals surface area (Å²) in [5, 5.41) is 0. The maximum absolute atomic E-state index is 12.0. The van der Waals surface area contributed by atoms with E-state index in [0.717, 1.165) is 5.56 Å². The fourth-order valence-corrected chi connectivity index (χ4v) is 2.78. The Morgan fingerprint density at radius 2 is 2.25 bits per heavy atom. The molecular formula is C11H13O4P. The van der Waals surface area contributed by atoms with Gasteiger partial charge in [-0.25, -0.2) is 4.57 Å². The van der Waals surface area contributed by atoms with Crippen molar-refractivity contribution in [2.45, 2.75) is 6.92 Å². The summed E-state index contributed by atoms with van der Waals surface area (Å²) in [6.45, 7) is 2.12. The van der Waals surface area contributed by atoms with Crippen LogP contribution < -0.4 is 9.26 Å². The highest BCUT2D eigenvalue weighted by Crippen LogP contribution is 2.54. The summed E-state index contributed by atoms with van der Waals surface area (Å²) in [5.41, 5.74) is 0.868. The molecule has 1 atom stereocenters. The zero-order valence-corrected chi connectivity index (χ0v) is 10.1. The Labute approximate surface area is 94.4 Å². The van der Waals surface area contributed by atoms with Crippen LogP contribution >= 0.6 is 7.60 Å². The number of rotatable bonds is 3. The number of ether oxygens (including phenoxy) is 1. The Morgan fingerprint density at radius 1 is 1.44 bits per heavy atom. The number of hydrogen-bond acceptors (Lipinski definition) is 4. The topological polar surface area (TPSA) is 44.8 Å². The number of fused-ring (bicyclic) bond motifs is 1. The van der Waals surface area contributed by atoms with Gasteiger partial charge in [-0.15, -0.1) is 0 Å². The summed E-state index contributed by atoms with van der Waals surface area (Å²) in [6, 6.07) is 5.37. The Hall–Kier alpha value is -1.25. The van der Waals surface area contributed by atoms with Crippen LogP contribution in [0.1, 0.15) is 12.5 Å². The lowest BCUT2D eigenvalue weighted by Crippen LogP contribution is -2.00. The lowest BCUT2D eigenvalue weighted by Gasteiger charge is -2.20. The highest BCUT2D eigenvalue weighted by molar-refractivity contribution is 7.57. The van der Waals surface area contributed by atoms with E-state index < -0.39 is 7.60 Å². The predicted molar refractivity (Wildman–Crippen MR) is 61.9 cm³/mol. The van der Waals surface area contributed by atoms with E-state index in [2.05, 4.69) is 0 Å². The maximum atomic E-state index is 12.0. The molecule has 0 radical (unpaired) electrons. The first-order valence-electron chi connectivity index (χ1n) is 4.98. The van der Waals surface area contributed by atoms with E-state index in [1.807, 2.05) is 12.1 Å². The Balaban J connectivity index is 2.34. The second-order valence-corrected chi connectivity index (χ2v) is 5.09. The number of benzene rings is 1. The van der Waals surface area contributed by atoms with Crippen molar-refractivity contribution >= 4 is 13.7 Å². The van der Waals surface area contributed by atoms with Crippen LogP contribution in [0.3, 0.4) is 0 Å². The van der Waals surface area contributed by atoms with Crippen molar-refractivity contribution in [3.8, 4) is 11.5 Å². The highest BCUT2D eigenvalue weighted by Gasteiger charge is 2.26. The minimum Gasteiger partial charge on any atom is -0.497 e. The smallest absolute Gasteiger partial charge is 0.403 e. The van der Waals surface area contributed by atoms with Crippen LogP contribution in [-0.4, -0.2) is 13.7 Å². The van der Waals surface area contributed by atoms with Crippen molar-refractivity contribution in [3.05, 3.63) is 29.6 Å². The molecule has 0 saturated heterocycles. The lowest BCUT2D eigenvalue weighted by atomic mass is 10.2. The molecule has 16 heavy (non-hydrogen) atoms. The fourth-order valence-electron chi connectivity index (χ4n) is 1.45. The predicted octanol–water partition coefficient (Wildman–Crippen LogP) is 3.29. The third kappa shape index (κ3) is 2.13. The zero-order chi connectivity index (χ0) is 11.6. The van der Waals surface area contributed by atoms with E-state index in [9.17, 15) is 4.57 Å². The van der Waals surface area contributed by atoms with Gasteiger partial charge in [0.15, 0.2) is 0 Å². The van der Waals surface area contributed by atoms with E-state index in [1.165, 1.54) is 5.82 Å². The number of hydrogen-bond donors (Lipinski definition) is 0. The quantitative estimate of drug-likeness (QED) is 0.760. The fraction of sp³-hybridized carbons (Fsp3) is 0.273. The van der Waals surface area contributed by atoms with Crippen molar-refractivity contribution < 1.29 is 18.3 Å². The zero-order valence-electron chi connectivity index (χ0n) is 9.17. The summed E-state index contributed by atoms with van der Waals surface area (Å²) < 4.78 is 27.6. The largest absolute Gasteiger partial charge is 0.497 e. The van der Waals surface area contributed by atoms with Gasteiger partial charge >= 0.3 is 7.60 Å². The average Bonchev–Trinajstić information content (AvgIpc) is 2.28. The molecule has 0 bridgehead atoms. The molecular weight excluding hydrogens is 227 g/mol. The van der Waals surface area contributed by atoms with Crippen LogP contribution in [0.25, 0.3) is 6.08 Å². The van der Waals surface area contributed by atoms with Gasteiger partial charge in [0.05, 0.1) is 13.7 Å². The first-order chi connectivity index (χ1) is 7.67. The Morgan fingerprint density at radius 3 is 2.94 bits per heavy atom. The lowest BCUT2D eigenvalue weighted by molar-refractivity contribution is 0.287. The molecule has 1 aromatic rings. The van der Waals surface area contributed by atoms with Gasteiger partial charge in [0.25, 0.3) is 0 Å². The molecule has 1 heterocycles. The molecule has 1 aromatic carbocycles. The molecule has 1 unspecified atom stereocenters. The van der Waals surface area contributed by atoms with Crippen molar-refractivity contribution in [3.63, 3.8) is 0 Å². The summed E-state index contributed by atoms with van der Waals surface area (Å²) in [7, 11) is -1.54. The Kier molecular flexibility index (Phi) is 3.03. The van der Waals surface area contributed by atoms with E-state index >= 15 is 0 Å². The molecule has 0 amide bonds. The van der Waals surface area contributed by atoms with Crippen LogP contribution in [0.2, 0.25) is 0 Å². The van der Waals surface area contributed by atoms with Gasteiger partial charge < -0.3 is 9.26 Å². The molecule has 2 rings (SSSR count). The first-order valence-corrected chi connectivity index (χ1v) is 6.59. The molecule has 86 valence electrons. The van der Waals surface area contributed by atoms with Gasteiger partial charge in [-0.1, -0.05) is 0 Å². The van der Waals surface area contributed by atoms with Crippen LogP contribution in [0, 0.1) is 0 Å². The summed E-state index contributed by atoms with van der Waals surface area (Å²) >= 11 is 0. The maximum Gasteiger partial charge on any atom is 0.403 e. The monoisotopic (exact) mass is 240 g/mol. The summed E-state index contributed by atoms with van der Waals surface area (Å²) in [6.07, 6.45) is 1.74. The third-order valence-corrected chi connectivity index (χ3v) is 3.78. The molecule has 0 aliphatic carbocycles. The van der Waals surface area contributed by atoms with Crippen LogP contribution in [0.15, 0.2) is 24.0 Å². The van der Waals surface area contributed by atoms with Crippen molar-refractivity contribution in [1.82, 2.24) is 0 Å². The van der Waals surface area contributed by atoms with Gasteiger partial charge in [-0.2, -0.15) is 0 Å². The van der Waals surface area contributed by atoms with E-state index in [-0.39, 0.29) is 0 Å². The summed E-state index contributed by atoms with van der Waals surface area (Å²) in [4.78, 5) is 0. The highest BCUT2D eigenvalue weighted by atomic mass is 31.2. The SMILES string of the molecule is CCOP1(=O)C=Cc2ccc(OC)cc2O1. The Bertz CT molecular complexity index is 467. The van der Waals surface area contributed by atoms with Gasteiger partial charge in [0, 0.05) is 17.4 Å². The van der Waals surface area contributed by atoms with Crippen molar-refractivity contribution in [1.29, 1.82) is 0 Å². The van der Waals surface area contributed by atoms with Crippen LogP contribution in [0.5, 0.6) is 11.5 Å². The van der Waals surface area contributed by atoms with Gasteiger partial charge in [-0.3, -0.25) is 4.52 Å². The third-order valence-electron chi connectivity index (χ3n) is 2.19. The number of methoxy groups -OCH3 is 1. The normalized spacial score (nSPS) is 22.4. The second kappa shape index (κ2) is 4.32. The first kappa shape index (κ1) is 11.2. The van der Waals surface area contributed by atoms with E-state index in [1.54, 1.807) is 26.2 Å². The van der Waals surface area contributed by atoms with Gasteiger partial charge in [0.1, 0.15) is 11.5 Å². The molecule has 5 heteroatoms. The van der Waals surface area contributed by atoms with Crippen molar-refractivity contribution in [2.75, 3.05) is 13.7 Å². The molecule has 0 aromatic heterocycles. The molecule has 0 spiro atoms. The molecule has 1 aliphatic rings. The van der Waals surface area contributed by atoms with E-state index in [0.29, 0.717) is 18.1 Å². The summed E-state index contributed by atoms with van der Waals surface area (Å²) in [5.74, 6) is 2.67. The molecule has 0 saturated carbocycles. The standard InChI is InChI=1S/C11H13O4P/c1-3-14-16(12)7-6-9-4-5-10(13-2)8-11(9)15-16/h4-8H,3H2,1-2H3. The minimum atomic E-state index is -3.11. The van der Waals surface area contributed by atoms with Gasteiger partial charge in [-0.05, 0) is 25.1 Å². The minimum absolute atomic E-state index is 0.348. The van der Waals surface area contributed by atoms with Gasteiger partial charge in [0.2, 0.25) is 0 Å². The molecule has 0 fully saturated rings. The van der Waals surface area contributed by atoms with Crippen LogP contribution in [0.4, 0.5) is 0 Å². The molecule has 4 nitrogen and oxygen atoms in total. The second-order valence-electron chi connectivity index (χ2n) is 3.27. The van der Waals surface area contributed by atoms with Crippen LogP contribution in [-0.2, 0) is 9.09 Å².